The first kappa shape index (κ1) is 23.3. The molecule has 0 aromatic heterocycles. The van der Waals surface area contributed by atoms with Gasteiger partial charge in [-0.15, -0.1) is 0 Å². The first-order valence-electron chi connectivity index (χ1n) is 10.0. The van der Waals surface area contributed by atoms with Crippen LogP contribution in [0.4, 0.5) is 0 Å². The van der Waals surface area contributed by atoms with Gasteiger partial charge in [0.15, 0.2) is 5.60 Å². The van der Waals surface area contributed by atoms with Crippen molar-refractivity contribution in [2.75, 3.05) is 0 Å². The molecule has 0 radical (unpaired) electrons. The molecule has 0 atom stereocenters. The number of aromatic hydroxyl groups is 2. The predicted molar refractivity (Wildman–Crippen MR) is 129 cm³/mol. The fourth-order valence-corrected chi connectivity index (χ4v) is 5.39. The lowest BCUT2D eigenvalue weighted by Gasteiger charge is -2.34. The average molecular weight is 576 g/mol. The molecule has 0 aliphatic carbocycles. The van der Waals surface area contributed by atoms with Gasteiger partial charge in [0, 0.05) is 5.56 Å². The largest absolute Gasteiger partial charge is 0.506 e. The Morgan fingerprint density at radius 1 is 0.879 bits per heavy atom. The second-order valence-corrected chi connectivity index (χ2v) is 9.79. The van der Waals surface area contributed by atoms with Gasteiger partial charge in [0.05, 0.1) is 31.2 Å². The summed E-state index contributed by atoms with van der Waals surface area (Å²) < 4.78 is 6.85. The zero-order valence-corrected chi connectivity index (χ0v) is 21.4. The molecule has 1 aliphatic heterocycles. The highest BCUT2D eigenvalue weighted by Crippen LogP contribution is 2.56. The summed E-state index contributed by atoms with van der Waals surface area (Å²) in [6, 6.07) is 8.08. The molecule has 0 bridgehead atoms. The minimum Gasteiger partial charge on any atom is -0.506 e. The third-order valence-corrected chi connectivity index (χ3v) is 8.07. The molecule has 1 aliphatic rings. The van der Waals surface area contributed by atoms with E-state index in [4.69, 9.17) is 4.74 Å². The van der Waals surface area contributed by atoms with Crippen LogP contribution >= 0.6 is 31.9 Å². The number of carbonyl (C=O) groups excluding carboxylic acids is 1. The van der Waals surface area contributed by atoms with Gasteiger partial charge in [-0.25, -0.2) is 9.59 Å². The third-order valence-electron chi connectivity index (χ3n) is 6.06. The van der Waals surface area contributed by atoms with E-state index in [2.05, 4.69) is 31.9 Å². The van der Waals surface area contributed by atoms with Gasteiger partial charge in [-0.1, -0.05) is 24.3 Å². The summed E-state index contributed by atoms with van der Waals surface area (Å²) in [7, 11) is 0. The maximum atomic E-state index is 13.2. The predicted octanol–water partition coefficient (Wildman–Crippen LogP) is 6.02. The minimum atomic E-state index is -1.79. The number of phenols is 2. The molecule has 0 saturated carbocycles. The van der Waals surface area contributed by atoms with Gasteiger partial charge in [-0.05, 0) is 87.9 Å². The van der Waals surface area contributed by atoms with E-state index in [0.29, 0.717) is 20.1 Å². The monoisotopic (exact) mass is 574 g/mol. The quantitative estimate of drug-likeness (QED) is 0.330. The van der Waals surface area contributed by atoms with Crippen LogP contribution in [0.2, 0.25) is 0 Å². The van der Waals surface area contributed by atoms with Crippen LogP contribution in [-0.4, -0.2) is 27.3 Å². The fourth-order valence-electron chi connectivity index (χ4n) is 4.76. The van der Waals surface area contributed by atoms with Crippen molar-refractivity contribution in [2.24, 2.45) is 0 Å². The Kier molecular flexibility index (Phi) is 5.57. The third kappa shape index (κ3) is 3.19. The number of halogens is 2. The standard InChI is InChI=1S/C25H20Br2O6/c1-10-8-12(3)19(26)21(28)17(10)25(18-11(2)9-13(4)20(27)22(18)29)15-7-5-6-14(23(30)31)16(15)24(32)33-25/h5-9,28-29H,1-4H3,(H,30,31). The number of aromatic carboxylic acids is 1. The summed E-state index contributed by atoms with van der Waals surface area (Å²) in [5, 5.41) is 32.3. The summed E-state index contributed by atoms with van der Waals surface area (Å²) in [4.78, 5) is 25.2. The summed E-state index contributed by atoms with van der Waals surface area (Å²) in [6.07, 6.45) is 0. The molecule has 3 aromatic rings. The molecular weight excluding hydrogens is 556 g/mol. The van der Waals surface area contributed by atoms with Gasteiger partial charge in [-0.2, -0.15) is 0 Å². The van der Waals surface area contributed by atoms with Crippen molar-refractivity contribution in [3.8, 4) is 11.5 Å². The van der Waals surface area contributed by atoms with E-state index in [1.165, 1.54) is 12.1 Å². The molecule has 3 N–H and O–H groups in total. The highest BCUT2D eigenvalue weighted by atomic mass is 79.9. The lowest BCUT2D eigenvalue weighted by molar-refractivity contribution is 0.0233. The number of carbonyl (C=O) groups is 2. The SMILES string of the molecule is Cc1cc(C)c(C2(c3c(C)cc(C)c(Br)c3O)OC(=O)c3c(C(=O)O)cccc32)c(O)c1Br. The maximum absolute atomic E-state index is 13.2. The molecule has 0 unspecified atom stereocenters. The second-order valence-electron chi connectivity index (χ2n) is 8.20. The maximum Gasteiger partial charge on any atom is 0.341 e. The molecule has 8 heteroatoms. The van der Waals surface area contributed by atoms with E-state index in [0.717, 1.165) is 11.1 Å². The minimum absolute atomic E-state index is 0.115. The van der Waals surface area contributed by atoms with Gasteiger partial charge >= 0.3 is 11.9 Å². The van der Waals surface area contributed by atoms with Crippen LogP contribution in [0, 0.1) is 27.7 Å². The molecule has 33 heavy (non-hydrogen) atoms. The molecular formula is C25H20Br2O6. The molecule has 0 saturated heterocycles. The van der Waals surface area contributed by atoms with Crippen LogP contribution in [0.25, 0.3) is 0 Å². The number of hydrogen-bond donors (Lipinski definition) is 3. The Morgan fingerprint density at radius 2 is 1.36 bits per heavy atom. The number of carboxylic acids is 1. The second kappa shape index (κ2) is 7.88. The lowest BCUT2D eigenvalue weighted by atomic mass is 9.74. The van der Waals surface area contributed by atoms with Gasteiger partial charge in [-0.3, -0.25) is 0 Å². The number of phenolic OH excluding ortho intramolecular Hbond substituents is 2. The van der Waals surface area contributed by atoms with Crippen LogP contribution in [0.5, 0.6) is 11.5 Å². The molecule has 170 valence electrons. The van der Waals surface area contributed by atoms with Gasteiger partial charge < -0.3 is 20.1 Å². The smallest absolute Gasteiger partial charge is 0.341 e. The van der Waals surface area contributed by atoms with E-state index in [9.17, 15) is 24.9 Å². The molecule has 0 spiro atoms. The van der Waals surface area contributed by atoms with Crippen molar-refractivity contribution < 1.29 is 29.6 Å². The highest BCUT2D eigenvalue weighted by molar-refractivity contribution is 9.11. The first-order valence-corrected chi connectivity index (χ1v) is 11.6. The zero-order chi connectivity index (χ0) is 24.4. The van der Waals surface area contributed by atoms with Crippen LogP contribution in [0.3, 0.4) is 0 Å². The number of benzene rings is 3. The summed E-state index contributed by atoms with van der Waals surface area (Å²) in [5.41, 5.74) is 1.32. The molecule has 6 nitrogen and oxygen atoms in total. The number of cyclic esters (lactones) is 1. The van der Waals surface area contributed by atoms with Crippen molar-refractivity contribution in [1.29, 1.82) is 0 Å². The van der Waals surface area contributed by atoms with E-state index < -0.39 is 17.5 Å². The van der Waals surface area contributed by atoms with Gasteiger partial charge in [0.2, 0.25) is 0 Å². The van der Waals surface area contributed by atoms with Crippen LogP contribution in [-0.2, 0) is 10.3 Å². The number of ether oxygens (including phenoxy) is 1. The Hall–Kier alpha value is -2.84. The van der Waals surface area contributed by atoms with E-state index in [-0.39, 0.29) is 39.3 Å². The Bertz CT molecular complexity index is 1310. The Morgan fingerprint density at radius 3 is 1.82 bits per heavy atom. The van der Waals surface area contributed by atoms with Crippen molar-refractivity contribution in [1.82, 2.24) is 0 Å². The molecule has 0 amide bonds. The zero-order valence-electron chi connectivity index (χ0n) is 18.2. The number of hydrogen-bond acceptors (Lipinski definition) is 5. The van der Waals surface area contributed by atoms with Gasteiger partial charge in [0.1, 0.15) is 11.5 Å². The number of rotatable bonds is 3. The summed E-state index contributed by atoms with van der Waals surface area (Å²) >= 11 is 6.81. The topological polar surface area (TPSA) is 104 Å². The van der Waals surface area contributed by atoms with Crippen molar-refractivity contribution in [3.05, 3.63) is 89.3 Å². The fraction of sp³-hybridized carbons (Fsp3) is 0.200. The highest BCUT2D eigenvalue weighted by Gasteiger charge is 2.54. The van der Waals surface area contributed by atoms with E-state index in [1.807, 2.05) is 26.0 Å². The van der Waals surface area contributed by atoms with Crippen molar-refractivity contribution in [2.45, 2.75) is 33.3 Å². The lowest BCUT2D eigenvalue weighted by Crippen LogP contribution is -2.32. The Labute approximate surface area is 207 Å². The van der Waals surface area contributed by atoms with Crippen molar-refractivity contribution >= 4 is 43.8 Å². The van der Waals surface area contributed by atoms with Crippen LogP contribution < -0.4 is 0 Å². The summed E-state index contributed by atoms with van der Waals surface area (Å²) in [6.45, 7) is 7.16. The van der Waals surface area contributed by atoms with Gasteiger partial charge in [0.25, 0.3) is 0 Å². The number of carboxylic acid groups (broad SMARTS) is 1. The Balaban J connectivity index is 2.28. The van der Waals surface area contributed by atoms with E-state index >= 15 is 0 Å². The average Bonchev–Trinajstić information content (AvgIpc) is 3.03. The van der Waals surface area contributed by atoms with Crippen LogP contribution in [0.15, 0.2) is 39.3 Å². The summed E-state index contributed by atoms with van der Waals surface area (Å²) in [5.74, 6) is -2.46. The first-order chi connectivity index (χ1) is 15.4. The number of fused-ring (bicyclic) bond motifs is 1. The number of esters is 1. The van der Waals surface area contributed by atoms with E-state index in [1.54, 1.807) is 19.9 Å². The van der Waals surface area contributed by atoms with Crippen molar-refractivity contribution in [3.63, 3.8) is 0 Å². The normalized spacial score (nSPS) is 14.2. The molecule has 1 heterocycles. The van der Waals surface area contributed by atoms with Crippen LogP contribution in [0.1, 0.15) is 59.7 Å². The number of aryl methyl sites for hydroxylation is 4. The molecule has 4 rings (SSSR count). The molecule has 3 aromatic carbocycles. The molecule has 0 fully saturated rings.